The van der Waals surface area contributed by atoms with Gasteiger partial charge >= 0.3 is 0 Å². The summed E-state index contributed by atoms with van der Waals surface area (Å²) in [6, 6.07) is 7.02. The molecule has 1 N–H and O–H groups in total. The predicted octanol–water partition coefficient (Wildman–Crippen LogP) is 2.04. The molecule has 5 nitrogen and oxygen atoms in total. The maximum atomic E-state index is 11.9. The largest absolute Gasteiger partial charge is 0.342 e. The molecule has 0 fully saturated rings. The van der Waals surface area contributed by atoms with Gasteiger partial charge in [0.25, 0.3) is 0 Å². The van der Waals surface area contributed by atoms with E-state index in [0.717, 1.165) is 5.56 Å². The van der Waals surface area contributed by atoms with E-state index in [1.54, 1.807) is 31.3 Å². The van der Waals surface area contributed by atoms with Crippen LogP contribution in [0, 0.1) is 0 Å². The van der Waals surface area contributed by atoms with Gasteiger partial charge in [-0.25, -0.2) is 8.42 Å². The molecule has 0 aliphatic heterocycles. The van der Waals surface area contributed by atoms with Crippen LogP contribution in [0.1, 0.15) is 18.9 Å². The van der Waals surface area contributed by atoms with Crippen LogP contribution in [0.3, 0.4) is 0 Å². The molecule has 0 saturated carbocycles. The van der Waals surface area contributed by atoms with Crippen molar-refractivity contribution in [3.63, 3.8) is 0 Å². The molecular formula is C13H19ClN2O3S. The molecule has 0 spiro atoms. The molecule has 0 bridgehead atoms. The van der Waals surface area contributed by atoms with Gasteiger partial charge in [-0.15, -0.1) is 11.6 Å². The van der Waals surface area contributed by atoms with Crippen molar-refractivity contribution in [1.82, 2.24) is 4.90 Å². The highest BCUT2D eigenvalue weighted by Crippen LogP contribution is 2.18. The van der Waals surface area contributed by atoms with E-state index in [0.29, 0.717) is 24.5 Å². The number of benzene rings is 1. The van der Waals surface area contributed by atoms with Gasteiger partial charge in [-0.2, -0.15) is 0 Å². The number of amides is 1. The Balaban J connectivity index is 2.88. The molecule has 7 heteroatoms. The van der Waals surface area contributed by atoms with Crippen molar-refractivity contribution in [1.29, 1.82) is 0 Å². The normalized spacial score (nSPS) is 11.2. The molecule has 0 aliphatic carbocycles. The summed E-state index contributed by atoms with van der Waals surface area (Å²) in [4.78, 5) is 12.8. The topological polar surface area (TPSA) is 66.5 Å². The second-order valence-corrected chi connectivity index (χ2v) is 6.72. The number of hydrogen-bond acceptors (Lipinski definition) is 3. The fraction of sp³-hybridized carbons (Fsp3) is 0.462. The smallest absolute Gasteiger partial charge is 0.232 e. The number of halogens is 1. The molecule has 1 aromatic rings. The first-order valence-electron chi connectivity index (χ1n) is 6.22. The molecule has 0 atom stereocenters. The lowest BCUT2D eigenvalue weighted by Crippen LogP contribution is -2.24. The van der Waals surface area contributed by atoms with Gasteiger partial charge in [-0.05, 0) is 18.1 Å². The zero-order valence-corrected chi connectivity index (χ0v) is 13.2. The number of carbonyl (C=O) groups excluding carboxylic acids is 1. The lowest BCUT2D eigenvalue weighted by Gasteiger charge is -2.18. The minimum absolute atomic E-state index is 0.0205. The number of nitrogens with zero attached hydrogens (tertiary/aromatic N) is 1. The number of anilines is 1. The Morgan fingerprint density at radius 1 is 1.35 bits per heavy atom. The Morgan fingerprint density at radius 2 is 2.00 bits per heavy atom. The van der Waals surface area contributed by atoms with Crippen molar-refractivity contribution < 1.29 is 13.2 Å². The van der Waals surface area contributed by atoms with Gasteiger partial charge in [0.2, 0.25) is 15.9 Å². The highest BCUT2D eigenvalue weighted by molar-refractivity contribution is 7.92. The fourth-order valence-electron chi connectivity index (χ4n) is 1.59. The third kappa shape index (κ3) is 5.38. The molecule has 112 valence electrons. The van der Waals surface area contributed by atoms with Crippen molar-refractivity contribution in [3.05, 3.63) is 29.8 Å². The quantitative estimate of drug-likeness (QED) is 0.782. The Kier molecular flexibility index (Phi) is 6.29. The summed E-state index contributed by atoms with van der Waals surface area (Å²) < 4.78 is 26.3. The van der Waals surface area contributed by atoms with Crippen molar-refractivity contribution in [2.45, 2.75) is 19.9 Å². The molecule has 1 rings (SSSR count). The summed E-state index contributed by atoms with van der Waals surface area (Å²) in [6.07, 6.45) is 0.395. The van der Waals surface area contributed by atoms with Crippen molar-refractivity contribution in [3.8, 4) is 0 Å². The standard InChI is InChI=1S/C13H19ClN2O3S/c1-11(17)16(2)10-12-6-3-4-7-13(12)15-20(18,19)9-5-8-14/h3-4,6-7,15H,5,8-10H2,1-2H3. The third-order valence-corrected chi connectivity index (χ3v) is 4.40. The maximum absolute atomic E-state index is 11.9. The minimum atomic E-state index is -3.41. The summed E-state index contributed by atoms with van der Waals surface area (Å²) in [5, 5.41) is 0. The summed E-state index contributed by atoms with van der Waals surface area (Å²) in [7, 11) is -1.75. The van der Waals surface area contributed by atoms with E-state index in [1.165, 1.54) is 11.8 Å². The number of hydrogen-bond donors (Lipinski definition) is 1. The van der Waals surface area contributed by atoms with E-state index in [4.69, 9.17) is 11.6 Å². The average molecular weight is 319 g/mol. The maximum Gasteiger partial charge on any atom is 0.232 e. The lowest BCUT2D eigenvalue weighted by molar-refractivity contribution is -0.128. The molecule has 0 aliphatic rings. The number of para-hydroxylation sites is 1. The first-order valence-corrected chi connectivity index (χ1v) is 8.40. The van der Waals surface area contributed by atoms with Crippen LogP contribution >= 0.6 is 11.6 Å². The molecule has 20 heavy (non-hydrogen) atoms. The van der Waals surface area contributed by atoms with Crippen molar-refractivity contribution >= 4 is 33.2 Å². The zero-order valence-electron chi connectivity index (χ0n) is 11.6. The molecule has 1 amide bonds. The summed E-state index contributed by atoms with van der Waals surface area (Å²) in [5.74, 6) is 0.202. The van der Waals surface area contributed by atoms with Gasteiger partial charge in [-0.1, -0.05) is 18.2 Å². The average Bonchev–Trinajstić information content (AvgIpc) is 2.38. The van der Waals surface area contributed by atoms with E-state index in [2.05, 4.69) is 4.72 Å². The highest BCUT2D eigenvalue weighted by Gasteiger charge is 2.13. The van der Waals surface area contributed by atoms with Crippen LogP contribution < -0.4 is 4.72 Å². The molecule has 0 radical (unpaired) electrons. The molecule has 0 heterocycles. The SMILES string of the molecule is CC(=O)N(C)Cc1ccccc1NS(=O)(=O)CCCCl. The number of carbonyl (C=O) groups is 1. The molecule has 0 aromatic heterocycles. The Labute approximate surface area is 125 Å². The Hall–Kier alpha value is -1.27. The number of alkyl halides is 1. The van der Waals surface area contributed by atoms with Gasteiger partial charge in [0.15, 0.2) is 0 Å². The van der Waals surface area contributed by atoms with Gasteiger partial charge in [0.1, 0.15) is 0 Å². The molecule has 0 unspecified atom stereocenters. The molecular weight excluding hydrogens is 300 g/mol. The predicted molar refractivity (Wildman–Crippen MR) is 81.3 cm³/mol. The fourth-order valence-corrected chi connectivity index (χ4v) is 3.04. The zero-order chi connectivity index (χ0) is 15.2. The van der Waals surface area contributed by atoms with Gasteiger partial charge in [0, 0.05) is 26.4 Å². The molecule has 0 saturated heterocycles. The molecule has 1 aromatic carbocycles. The number of nitrogens with one attached hydrogen (secondary N) is 1. The van der Waals surface area contributed by atoms with Gasteiger partial charge in [0.05, 0.1) is 11.4 Å². The second-order valence-electron chi connectivity index (χ2n) is 4.50. The van der Waals surface area contributed by atoms with E-state index in [1.807, 2.05) is 0 Å². The lowest BCUT2D eigenvalue weighted by atomic mass is 10.2. The first kappa shape index (κ1) is 16.8. The second kappa shape index (κ2) is 7.50. The summed E-state index contributed by atoms with van der Waals surface area (Å²) in [6.45, 7) is 1.82. The Morgan fingerprint density at radius 3 is 2.60 bits per heavy atom. The van der Waals surface area contributed by atoms with Crippen LogP contribution in [0.25, 0.3) is 0 Å². The highest BCUT2D eigenvalue weighted by atomic mass is 35.5. The summed E-state index contributed by atoms with van der Waals surface area (Å²) in [5.41, 5.74) is 1.25. The Bertz CT molecular complexity index is 560. The number of rotatable bonds is 7. The third-order valence-electron chi connectivity index (χ3n) is 2.77. The summed E-state index contributed by atoms with van der Waals surface area (Å²) >= 11 is 5.51. The van der Waals surface area contributed by atoms with E-state index < -0.39 is 10.0 Å². The van der Waals surface area contributed by atoms with Crippen LogP contribution in [-0.4, -0.2) is 37.9 Å². The first-order chi connectivity index (χ1) is 9.35. The van der Waals surface area contributed by atoms with Crippen molar-refractivity contribution in [2.75, 3.05) is 23.4 Å². The van der Waals surface area contributed by atoms with Gasteiger partial charge in [-0.3, -0.25) is 9.52 Å². The van der Waals surface area contributed by atoms with Crippen LogP contribution in [-0.2, 0) is 21.4 Å². The van der Waals surface area contributed by atoms with Crippen LogP contribution in [0.4, 0.5) is 5.69 Å². The van der Waals surface area contributed by atoms with E-state index in [-0.39, 0.29) is 11.7 Å². The van der Waals surface area contributed by atoms with Crippen LogP contribution in [0.2, 0.25) is 0 Å². The van der Waals surface area contributed by atoms with E-state index in [9.17, 15) is 13.2 Å². The van der Waals surface area contributed by atoms with Gasteiger partial charge < -0.3 is 4.90 Å². The minimum Gasteiger partial charge on any atom is -0.342 e. The monoisotopic (exact) mass is 318 g/mol. The number of sulfonamides is 1. The van der Waals surface area contributed by atoms with E-state index >= 15 is 0 Å². The van der Waals surface area contributed by atoms with Crippen LogP contribution in [0.15, 0.2) is 24.3 Å². The van der Waals surface area contributed by atoms with Crippen LogP contribution in [0.5, 0.6) is 0 Å². The van der Waals surface area contributed by atoms with Crippen molar-refractivity contribution in [2.24, 2.45) is 0 Å².